The van der Waals surface area contributed by atoms with E-state index in [0.717, 1.165) is 53.5 Å². The maximum Gasteiger partial charge on any atom is 0.272 e. The number of nitrogens with one attached hydrogen (secondary N) is 2. The second-order valence-electron chi connectivity index (χ2n) is 10.2. The summed E-state index contributed by atoms with van der Waals surface area (Å²) in [7, 11) is 0. The Morgan fingerprint density at radius 1 is 1.03 bits per heavy atom. The average molecular weight is 477 g/mol. The van der Waals surface area contributed by atoms with Crippen LogP contribution in [-0.2, 0) is 0 Å². The lowest BCUT2D eigenvalue weighted by atomic mass is 9.49. The highest BCUT2D eigenvalue weighted by Crippen LogP contribution is 2.62. The smallest absolute Gasteiger partial charge is 0.272 e. The molecule has 0 radical (unpaired) electrons. The second-order valence-corrected chi connectivity index (χ2v) is 10.2. The van der Waals surface area contributed by atoms with E-state index >= 15 is 0 Å². The van der Waals surface area contributed by atoms with E-state index in [9.17, 15) is 9.59 Å². The molecular formula is C28H24N6O2. The van der Waals surface area contributed by atoms with Gasteiger partial charge in [-0.1, -0.05) is 24.3 Å². The Morgan fingerprint density at radius 3 is 2.67 bits per heavy atom. The van der Waals surface area contributed by atoms with Gasteiger partial charge in [0, 0.05) is 47.7 Å². The van der Waals surface area contributed by atoms with Crippen LogP contribution in [0, 0.1) is 5.41 Å². The van der Waals surface area contributed by atoms with Crippen molar-refractivity contribution >= 4 is 22.3 Å². The molecule has 0 bridgehead atoms. The van der Waals surface area contributed by atoms with E-state index in [2.05, 4.69) is 25.5 Å². The number of pyridine rings is 2. The van der Waals surface area contributed by atoms with Gasteiger partial charge >= 0.3 is 0 Å². The van der Waals surface area contributed by atoms with Crippen LogP contribution < -0.4 is 10.9 Å². The van der Waals surface area contributed by atoms with Crippen molar-refractivity contribution in [2.75, 3.05) is 0 Å². The van der Waals surface area contributed by atoms with E-state index in [4.69, 9.17) is 0 Å². The van der Waals surface area contributed by atoms with Crippen LogP contribution >= 0.6 is 0 Å². The summed E-state index contributed by atoms with van der Waals surface area (Å²) in [6, 6.07) is 15.7. The number of fused-ring (bicyclic) bond motifs is 2. The van der Waals surface area contributed by atoms with E-state index in [1.54, 1.807) is 12.4 Å². The van der Waals surface area contributed by atoms with Gasteiger partial charge in [0.2, 0.25) is 0 Å². The molecule has 1 amide bonds. The molecule has 4 aromatic heterocycles. The normalized spacial score (nSPS) is 22.9. The lowest BCUT2D eigenvalue weighted by Gasteiger charge is -2.57. The van der Waals surface area contributed by atoms with Gasteiger partial charge in [0.1, 0.15) is 11.3 Å². The maximum absolute atomic E-state index is 12.9. The first-order valence-electron chi connectivity index (χ1n) is 12.2. The Labute approximate surface area is 206 Å². The van der Waals surface area contributed by atoms with Gasteiger partial charge < -0.3 is 9.72 Å². The maximum atomic E-state index is 12.9. The Morgan fingerprint density at radius 2 is 1.86 bits per heavy atom. The third-order valence-corrected chi connectivity index (χ3v) is 7.85. The first-order valence-corrected chi connectivity index (χ1v) is 12.2. The largest absolute Gasteiger partial charge is 0.348 e. The van der Waals surface area contributed by atoms with Crippen LogP contribution in [0.1, 0.15) is 47.8 Å². The summed E-state index contributed by atoms with van der Waals surface area (Å²) < 4.78 is 1.87. The number of benzene rings is 1. The fourth-order valence-electron chi connectivity index (χ4n) is 6.11. The number of aromatic nitrogens is 5. The number of hydrogen-bond acceptors (Lipinski definition) is 5. The summed E-state index contributed by atoms with van der Waals surface area (Å²) in [5.41, 5.74) is 4.28. The number of rotatable bonds is 4. The summed E-state index contributed by atoms with van der Waals surface area (Å²) >= 11 is 0. The molecule has 0 saturated heterocycles. The van der Waals surface area contributed by atoms with Gasteiger partial charge in [-0.15, -0.1) is 0 Å². The Bertz CT molecular complexity index is 1680. The summed E-state index contributed by atoms with van der Waals surface area (Å²) in [5, 5.41) is 11.9. The van der Waals surface area contributed by atoms with E-state index in [-0.39, 0.29) is 22.9 Å². The van der Waals surface area contributed by atoms with Crippen molar-refractivity contribution in [3.63, 3.8) is 0 Å². The van der Waals surface area contributed by atoms with Crippen LogP contribution in [0.4, 0.5) is 0 Å². The van der Waals surface area contributed by atoms with Crippen LogP contribution in [0.5, 0.6) is 0 Å². The number of carbonyl (C=O) groups is 1. The summed E-state index contributed by atoms with van der Waals surface area (Å²) in [6.45, 7) is 0. The molecule has 0 unspecified atom stereocenters. The van der Waals surface area contributed by atoms with Crippen LogP contribution in [-0.4, -0.2) is 36.5 Å². The number of aromatic amines is 1. The molecule has 36 heavy (non-hydrogen) atoms. The lowest BCUT2D eigenvalue weighted by molar-refractivity contribution is -0.0197. The molecule has 5 aromatic rings. The predicted octanol–water partition coefficient (Wildman–Crippen LogP) is 4.09. The Hall–Kier alpha value is -4.33. The highest BCUT2D eigenvalue weighted by atomic mass is 16.2. The third-order valence-electron chi connectivity index (χ3n) is 7.85. The van der Waals surface area contributed by atoms with Crippen molar-refractivity contribution in [3.8, 4) is 11.1 Å². The average Bonchev–Trinajstić information content (AvgIpc) is 3.30. The van der Waals surface area contributed by atoms with Crippen molar-refractivity contribution < 1.29 is 4.79 Å². The topological polar surface area (TPSA) is 105 Å². The fraction of sp³-hybridized carbons (Fsp3) is 0.250. The quantitative estimate of drug-likeness (QED) is 0.407. The van der Waals surface area contributed by atoms with Gasteiger partial charge in [-0.3, -0.25) is 14.6 Å². The number of nitrogens with zero attached hydrogens (tertiary/aromatic N) is 4. The van der Waals surface area contributed by atoms with Crippen molar-refractivity contribution in [2.24, 2.45) is 5.41 Å². The van der Waals surface area contributed by atoms with E-state index in [0.29, 0.717) is 17.0 Å². The summed E-state index contributed by atoms with van der Waals surface area (Å²) in [5.74, 6) is 0.210. The zero-order chi connectivity index (χ0) is 24.3. The van der Waals surface area contributed by atoms with Gasteiger partial charge in [-0.2, -0.15) is 5.10 Å². The summed E-state index contributed by atoms with van der Waals surface area (Å²) in [4.78, 5) is 33.7. The molecule has 2 aliphatic carbocycles. The molecule has 2 saturated carbocycles. The molecule has 0 atom stereocenters. The molecule has 8 nitrogen and oxygen atoms in total. The molecule has 7 rings (SSSR count). The zero-order valence-corrected chi connectivity index (χ0v) is 19.5. The van der Waals surface area contributed by atoms with Crippen LogP contribution in [0.25, 0.3) is 27.5 Å². The fourth-order valence-corrected chi connectivity index (χ4v) is 6.11. The molecule has 2 N–H and O–H groups in total. The second kappa shape index (κ2) is 7.84. The number of carbonyl (C=O) groups excluding carboxylic acids is 1. The molecule has 1 aromatic carbocycles. The molecule has 0 aliphatic heterocycles. The molecular weight excluding hydrogens is 452 g/mol. The van der Waals surface area contributed by atoms with Crippen LogP contribution in [0.3, 0.4) is 0 Å². The third kappa shape index (κ3) is 3.40. The van der Waals surface area contributed by atoms with Gasteiger partial charge in [0.05, 0.1) is 11.1 Å². The predicted molar refractivity (Wildman–Crippen MR) is 136 cm³/mol. The minimum atomic E-state index is -0.143. The first kappa shape index (κ1) is 21.0. The van der Waals surface area contributed by atoms with Crippen LogP contribution in [0.15, 0.2) is 78.1 Å². The number of H-pyrrole nitrogens is 1. The van der Waals surface area contributed by atoms with Gasteiger partial charge in [-0.05, 0) is 60.9 Å². The van der Waals surface area contributed by atoms with Gasteiger partial charge in [0.25, 0.3) is 11.5 Å². The molecule has 8 heteroatoms. The van der Waals surface area contributed by atoms with E-state index in [1.165, 1.54) is 0 Å². The monoisotopic (exact) mass is 476 g/mol. The highest BCUT2D eigenvalue weighted by Gasteiger charge is 2.54. The molecule has 2 fully saturated rings. The Balaban J connectivity index is 1.00. The van der Waals surface area contributed by atoms with E-state index < -0.39 is 0 Å². The van der Waals surface area contributed by atoms with Crippen molar-refractivity contribution in [3.05, 3.63) is 95.1 Å². The minimum absolute atomic E-state index is 0.134. The molecule has 178 valence electrons. The minimum Gasteiger partial charge on any atom is -0.348 e. The molecule has 2 aliphatic rings. The first-order chi connectivity index (χ1) is 17.6. The van der Waals surface area contributed by atoms with Gasteiger partial charge in [0.15, 0.2) is 0 Å². The van der Waals surface area contributed by atoms with Crippen molar-refractivity contribution in [1.29, 1.82) is 0 Å². The van der Waals surface area contributed by atoms with Crippen LogP contribution in [0.2, 0.25) is 0 Å². The molecule has 1 spiro atoms. The molecule has 4 heterocycles. The standard InChI is InChI=1S/C28H24N6O2/c35-26-22-6-2-1-5-21(22)25(32-33-26)19-11-28(12-19)13-20(14-28)30-27(36)23-16-34-9-7-17(10-24(34)31-23)18-4-3-8-29-15-18/h1-10,15-16,19-20H,11-14H2,(H,30,36)(H,33,35)/t19-,20-,28?. The van der Waals surface area contributed by atoms with Gasteiger partial charge in [-0.25, -0.2) is 10.1 Å². The number of amides is 1. The summed E-state index contributed by atoms with van der Waals surface area (Å²) in [6.07, 6.45) is 11.3. The lowest BCUT2D eigenvalue weighted by Crippen LogP contribution is -2.55. The van der Waals surface area contributed by atoms with Crippen molar-refractivity contribution in [2.45, 2.75) is 37.6 Å². The number of imidazole rings is 1. The Kier molecular flexibility index (Phi) is 4.57. The highest BCUT2D eigenvalue weighted by molar-refractivity contribution is 5.93. The van der Waals surface area contributed by atoms with E-state index in [1.807, 2.05) is 65.3 Å². The van der Waals surface area contributed by atoms with Crippen molar-refractivity contribution in [1.82, 2.24) is 29.9 Å². The zero-order valence-electron chi connectivity index (χ0n) is 19.5. The number of hydrogen-bond donors (Lipinski definition) is 2. The SMILES string of the molecule is O=C(N[C@H]1CC2(C1)C[C@H](c1n[nH]c(=O)c3ccccc31)C2)c1cn2ccc(-c3cccnc3)cc2n1.